The molecule has 0 atom stereocenters. The van der Waals surface area contributed by atoms with Crippen LogP contribution in [0.15, 0.2) is 18.2 Å². The van der Waals surface area contributed by atoms with Crippen LogP contribution in [-0.2, 0) is 10.8 Å². The molecule has 4 heteroatoms. The smallest absolute Gasteiger partial charge is 0.200 e. The molecule has 0 fully saturated rings. The van der Waals surface area contributed by atoms with Gasteiger partial charge in [0.05, 0.1) is 0 Å². The number of anilines is 1. The Bertz CT molecular complexity index is 397. The van der Waals surface area contributed by atoms with Gasteiger partial charge in [-0.25, -0.2) is 4.98 Å². The second kappa shape index (κ2) is 7.23. The standard InChI is InChI=1S/C16H30N2OSi/c1-12(2)20(13(3)4,14(5)6)19-11-10-15-8-7-9-16(17)18-15/h7-9,12-14H,10-11H2,1-6H3,(H2,17,18). The molecule has 0 amide bonds. The van der Waals surface area contributed by atoms with Crippen LogP contribution in [0.3, 0.4) is 0 Å². The Morgan fingerprint density at radius 1 is 1.05 bits per heavy atom. The summed E-state index contributed by atoms with van der Waals surface area (Å²) >= 11 is 0. The summed E-state index contributed by atoms with van der Waals surface area (Å²) < 4.78 is 6.52. The van der Waals surface area contributed by atoms with Gasteiger partial charge < -0.3 is 10.2 Å². The number of nitrogens with two attached hydrogens (primary N) is 1. The Balaban J connectivity index is 2.72. The zero-order valence-corrected chi connectivity index (χ0v) is 14.8. The van der Waals surface area contributed by atoms with Gasteiger partial charge in [0.1, 0.15) is 5.82 Å². The average Bonchev–Trinajstić information content (AvgIpc) is 2.33. The topological polar surface area (TPSA) is 48.1 Å². The van der Waals surface area contributed by atoms with Crippen molar-refractivity contribution in [3.63, 3.8) is 0 Å². The molecule has 0 bridgehead atoms. The van der Waals surface area contributed by atoms with E-state index >= 15 is 0 Å². The summed E-state index contributed by atoms with van der Waals surface area (Å²) in [5, 5.41) is 0. The minimum Gasteiger partial charge on any atom is -0.416 e. The van der Waals surface area contributed by atoms with Crippen LogP contribution in [0.5, 0.6) is 0 Å². The zero-order chi connectivity index (χ0) is 15.3. The predicted molar refractivity (Wildman–Crippen MR) is 89.4 cm³/mol. The molecule has 0 spiro atoms. The molecular formula is C16H30N2OSi. The molecule has 114 valence electrons. The highest BCUT2D eigenvalue weighted by atomic mass is 28.4. The summed E-state index contributed by atoms with van der Waals surface area (Å²) in [6, 6.07) is 5.79. The maximum absolute atomic E-state index is 6.52. The number of rotatable bonds is 7. The summed E-state index contributed by atoms with van der Waals surface area (Å²) in [7, 11) is -1.75. The van der Waals surface area contributed by atoms with Gasteiger partial charge >= 0.3 is 0 Å². The molecule has 0 radical (unpaired) electrons. The van der Waals surface area contributed by atoms with E-state index in [0.717, 1.165) is 18.7 Å². The fourth-order valence-electron chi connectivity index (χ4n) is 3.47. The van der Waals surface area contributed by atoms with Gasteiger partial charge in [0.2, 0.25) is 0 Å². The van der Waals surface area contributed by atoms with Crippen molar-refractivity contribution in [1.29, 1.82) is 0 Å². The van der Waals surface area contributed by atoms with Crippen LogP contribution < -0.4 is 5.73 Å². The van der Waals surface area contributed by atoms with Gasteiger partial charge in [0.15, 0.2) is 8.32 Å². The molecule has 0 aliphatic rings. The molecule has 0 unspecified atom stereocenters. The molecule has 0 aromatic carbocycles. The average molecular weight is 295 g/mol. The van der Waals surface area contributed by atoms with E-state index in [1.54, 1.807) is 0 Å². The first-order chi connectivity index (χ1) is 9.30. The highest BCUT2D eigenvalue weighted by Gasteiger charge is 2.44. The highest BCUT2D eigenvalue weighted by Crippen LogP contribution is 2.42. The lowest BCUT2D eigenvalue weighted by atomic mass is 10.3. The van der Waals surface area contributed by atoms with Crippen molar-refractivity contribution in [2.45, 2.75) is 64.6 Å². The molecule has 1 rings (SSSR count). The Labute approximate surface area is 125 Å². The minimum absolute atomic E-state index is 0.586. The van der Waals surface area contributed by atoms with Crippen molar-refractivity contribution in [1.82, 2.24) is 4.98 Å². The number of hydrogen-bond acceptors (Lipinski definition) is 3. The maximum Gasteiger partial charge on any atom is 0.200 e. The molecule has 0 saturated heterocycles. The maximum atomic E-state index is 6.52. The molecule has 0 aliphatic heterocycles. The Morgan fingerprint density at radius 3 is 2.05 bits per heavy atom. The van der Waals surface area contributed by atoms with E-state index in [2.05, 4.69) is 46.5 Å². The Morgan fingerprint density at radius 2 is 1.60 bits per heavy atom. The van der Waals surface area contributed by atoms with E-state index in [4.69, 9.17) is 10.2 Å². The fourth-order valence-corrected chi connectivity index (χ4v) is 8.93. The number of aromatic nitrogens is 1. The van der Waals surface area contributed by atoms with E-state index in [-0.39, 0.29) is 0 Å². The van der Waals surface area contributed by atoms with Crippen molar-refractivity contribution in [3.8, 4) is 0 Å². The summed E-state index contributed by atoms with van der Waals surface area (Å²) in [6.45, 7) is 14.6. The van der Waals surface area contributed by atoms with Gasteiger partial charge in [0.25, 0.3) is 0 Å². The molecule has 20 heavy (non-hydrogen) atoms. The highest BCUT2D eigenvalue weighted by molar-refractivity contribution is 6.77. The van der Waals surface area contributed by atoms with Crippen LogP contribution >= 0.6 is 0 Å². The lowest BCUT2D eigenvalue weighted by molar-refractivity contribution is 0.280. The normalized spacial score (nSPS) is 12.7. The van der Waals surface area contributed by atoms with Crippen molar-refractivity contribution >= 4 is 14.1 Å². The SMILES string of the molecule is CC(C)[Si](OCCc1cccc(N)n1)(C(C)C)C(C)C. The summed E-state index contributed by atoms with van der Waals surface area (Å²) in [4.78, 5) is 4.34. The van der Waals surface area contributed by atoms with Crippen molar-refractivity contribution < 1.29 is 4.43 Å². The van der Waals surface area contributed by atoms with Crippen LogP contribution in [0.4, 0.5) is 5.82 Å². The number of nitrogens with zero attached hydrogens (tertiary/aromatic N) is 1. The molecule has 2 N–H and O–H groups in total. The van der Waals surface area contributed by atoms with Crippen LogP contribution in [-0.4, -0.2) is 19.9 Å². The predicted octanol–water partition coefficient (Wildman–Crippen LogP) is 4.40. The quantitative estimate of drug-likeness (QED) is 0.758. The Kier molecular flexibility index (Phi) is 6.21. The zero-order valence-electron chi connectivity index (χ0n) is 13.8. The molecule has 0 saturated carbocycles. The van der Waals surface area contributed by atoms with Crippen molar-refractivity contribution in [3.05, 3.63) is 23.9 Å². The third-order valence-electron chi connectivity index (χ3n) is 4.25. The second-order valence-electron chi connectivity index (χ2n) is 6.47. The largest absolute Gasteiger partial charge is 0.416 e. The van der Waals surface area contributed by atoms with Gasteiger partial charge in [-0.1, -0.05) is 47.6 Å². The van der Waals surface area contributed by atoms with Crippen molar-refractivity contribution in [2.24, 2.45) is 0 Å². The van der Waals surface area contributed by atoms with Gasteiger partial charge in [-0.2, -0.15) is 0 Å². The van der Waals surface area contributed by atoms with E-state index in [1.807, 2.05) is 18.2 Å². The number of hydrogen-bond donors (Lipinski definition) is 1. The Hall–Kier alpha value is -0.873. The first kappa shape index (κ1) is 17.2. The monoisotopic (exact) mass is 294 g/mol. The molecule has 1 heterocycles. The lowest BCUT2D eigenvalue weighted by Crippen LogP contribution is -2.48. The van der Waals surface area contributed by atoms with E-state index in [9.17, 15) is 0 Å². The van der Waals surface area contributed by atoms with E-state index in [0.29, 0.717) is 22.4 Å². The fraction of sp³-hybridized carbons (Fsp3) is 0.688. The minimum atomic E-state index is -1.75. The van der Waals surface area contributed by atoms with Gasteiger partial charge in [-0.05, 0) is 28.8 Å². The van der Waals surface area contributed by atoms with Crippen LogP contribution in [0.25, 0.3) is 0 Å². The van der Waals surface area contributed by atoms with E-state index in [1.165, 1.54) is 0 Å². The first-order valence-electron chi connectivity index (χ1n) is 7.66. The van der Waals surface area contributed by atoms with Gasteiger partial charge in [0, 0.05) is 18.7 Å². The van der Waals surface area contributed by atoms with Gasteiger partial charge in [-0.3, -0.25) is 0 Å². The molecule has 0 aliphatic carbocycles. The molecule has 3 nitrogen and oxygen atoms in total. The van der Waals surface area contributed by atoms with Crippen LogP contribution in [0, 0.1) is 0 Å². The lowest BCUT2D eigenvalue weighted by Gasteiger charge is -2.42. The first-order valence-corrected chi connectivity index (χ1v) is 9.80. The number of nitrogen functional groups attached to an aromatic ring is 1. The van der Waals surface area contributed by atoms with Crippen LogP contribution in [0.2, 0.25) is 16.6 Å². The molecular weight excluding hydrogens is 264 g/mol. The summed E-state index contributed by atoms with van der Waals surface area (Å²) in [6.07, 6.45) is 0.839. The summed E-state index contributed by atoms with van der Waals surface area (Å²) in [5.41, 5.74) is 8.60. The number of pyridine rings is 1. The van der Waals surface area contributed by atoms with Gasteiger partial charge in [-0.15, -0.1) is 0 Å². The molecule has 1 aromatic heterocycles. The third kappa shape index (κ3) is 3.82. The van der Waals surface area contributed by atoms with E-state index < -0.39 is 8.32 Å². The third-order valence-corrected chi connectivity index (χ3v) is 10.4. The molecule has 1 aromatic rings. The second-order valence-corrected chi connectivity index (χ2v) is 11.9. The summed E-state index contributed by atoms with van der Waals surface area (Å²) in [5.74, 6) is 0.586. The van der Waals surface area contributed by atoms with Crippen LogP contribution in [0.1, 0.15) is 47.2 Å². The van der Waals surface area contributed by atoms with Crippen molar-refractivity contribution in [2.75, 3.05) is 12.3 Å².